The fraction of sp³-hybridized carbons (Fsp3) is 0.115. The van der Waals surface area contributed by atoms with Crippen LogP contribution >= 0.6 is 11.3 Å². The number of carbonyl (C=O) groups is 1. The van der Waals surface area contributed by atoms with Crippen molar-refractivity contribution in [1.29, 1.82) is 0 Å². The van der Waals surface area contributed by atoms with Gasteiger partial charge in [0.25, 0.3) is 0 Å². The summed E-state index contributed by atoms with van der Waals surface area (Å²) in [4.78, 5) is 30.1. The Kier molecular flexibility index (Phi) is 5.30. The highest BCUT2D eigenvalue weighted by atomic mass is 32.1. The van der Waals surface area contributed by atoms with Gasteiger partial charge >= 0.3 is 0 Å². The zero-order chi connectivity index (χ0) is 24.8. The van der Waals surface area contributed by atoms with Crippen LogP contribution in [0.4, 0.5) is 10.1 Å². The van der Waals surface area contributed by atoms with E-state index in [1.165, 1.54) is 6.07 Å². The zero-order valence-electron chi connectivity index (χ0n) is 19.3. The van der Waals surface area contributed by atoms with Crippen molar-refractivity contribution in [2.75, 3.05) is 5.32 Å². The van der Waals surface area contributed by atoms with Crippen LogP contribution in [0.15, 0.2) is 60.9 Å². The first kappa shape index (κ1) is 22.1. The Balaban J connectivity index is 1.41. The Labute approximate surface area is 208 Å². The minimum Gasteiger partial charge on any atom is -0.336 e. The Morgan fingerprint density at radius 3 is 2.72 bits per heavy atom. The molecule has 0 bridgehead atoms. The summed E-state index contributed by atoms with van der Waals surface area (Å²) in [7, 11) is 0. The molecule has 3 N–H and O–H groups in total. The van der Waals surface area contributed by atoms with Gasteiger partial charge in [-0.05, 0) is 36.4 Å². The number of hydrogen-bond donors (Lipinski definition) is 3. The summed E-state index contributed by atoms with van der Waals surface area (Å²) < 4.78 is 13.7. The molecule has 0 atom stereocenters. The molecule has 5 heterocycles. The van der Waals surface area contributed by atoms with Crippen LogP contribution < -0.4 is 5.32 Å². The van der Waals surface area contributed by atoms with Crippen molar-refractivity contribution in [2.45, 2.75) is 13.8 Å². The highest BCUT2D eigenvalue weighted by Crippen LogP contribution is 2.34. The van der Waals surface area contributed by atoms with E-state index in [2.05, 4.69) is 25.5 Å². The number of benzene rings is 1. The Morgan fingerprint density at radius 1 is 1.03 bits per heavy atom. The number of carbonyl (C=O) groups excluding carboxylic acids is 1. The molecule has 178 valence electrons. The van der Waals surface area contributed by atoms with Crippen molar-refractivity contribution < 1.29 is 9.18 Å². The number of rotatable bonds is 5. The second-order valence-electron chi connectivity index (χ2n) is 8.66. The lowest BCUT2D eigenvalue weighted by molar-refractivity contribution is -0.118. The number of thiophene rings is 1. The van der Waals surface area contributed by atoms with Crippen molar-refractivity contribution >= 4 is 45.0 Å². The van der Waals surface area contributed by atoms with Crippen LogP contribution in [0.5, 0.6) is 0 Å². The number of imidazole rings is 1. The van der Waals surface area contributed by atoms with E-state index < -0.39 is 0 Å². The second kappa shape index (κ2) is 8.65. The number of aromatic amines is 2. The van der Waals surface area contributed by atoms with Crippen LogP contribution in [0.3, 0.4) is 0 Å². The maximum Gasteiger partial charge on any atom is 0.226 e. The lowest BCUT2D eigenvalue weighted by Crippen LogP contribution is -2.17. The van der Waals surface area contributed by atoms with E-state index in [4.69, 9.17) is 9.97 Å². The summed E-state index contributed by atoms with van der Waals surface area (Å²) in [6.45, 7) is 3.67. The third-order valence-electron chi connectivity index (χ3n) is 5.81. The number of para-hydroxylation sites is 1. The third kappa shape index (κ3) is 3.91. The predicted octanol–water partition coefficient (Wildman–Crippen LogP) is 6.03. The monoisotopic (exact) mass is 497 g/mol. The smallest absolute Gasteiger partial charge is 0.226 e. The number of aromatic nitrogens is 6. The van der Waals surface area contributed by atoms with Gasteiger partial charge in [-0.25, -0.2) is 9.97 Å². The first-order valence-electron chi connectivity index (χ1n) is 11.3. The molecule has 1 aromatic carbocycles. The number of halogens is 1. The largest absolute Gasteiger partial charge is 0.336 e. The van der Waals surface area contributed by atoms with Gasteiger partial charge < -0.3 is 10.3 Å². The molecule has 1 amide bonds. The van der Waals surface area contributed by atoms with Crippen molar-refractivity contribution in [3.05, 3.63) is 66.1 Å². The van der Waals surface area contributed by atoms with Crippen LogP contribution in [0.1, 0.15) is 13.8 Å². The maximum atomic E-state index is 13.7. The topological polar surface area (TPSA) is 112 Å². The minimum absolute atomic E-state index is 0.0796. The number of nitrogens with one attached hydrogen (secondary N) is 3. The summed E-state index contributed by atoms with van der Waals surface area (Å²) in [5.74, 6) is 0.338. The first-order valence-corrected chi connectivity index (χ1v) is 12.1. The standard InChI is InChI=1S/C26H20FN7OS/c1-13(2)26(35)29-15-10-14(11-28-12-15)17-6-7-19-23(30-17)24(34-33-19)25-31-18-5-3-4-16(22(18)32-25)20-8-9-21(27)36-20/h3-13H,1-2H3,(H,29,35)(H,31,32)(H,33,34). The van der Waals surface area contributed by atoms with E-state index in [9.17, 15) is 9.18 Å². The van der Waals surface area contributed by atoms with Gasteiger partial charge in [-0.2, -0.15) is 9.49 Å². The number of nitrogens with zero attached hydrogens (tertiary/aromatic N) is 4. The average molecular weight is 498 g/mol. The van der Waals surface area contributed by atoms with Crippen LogP contribution in [0.25, 0.3) is 55.3 Å². The summed E-state index contributed by atoms with van der Waals surface area (Å²) in [6.07, 6.45) is 3.31. The molecular weight excluding hydrogens is 477 g/mol. The van der Waals surface area contributed by atoms with Gasteiger partial charge in [-0.15, -0.1) is 11.3 Å². The van der Waals surface area contributed by atoms with Gasteiger partial charge in [-0.3, -0.25) is 14.9 Å². The molecule has 0 saturated heterocycles. The number of amides is 1. The molecule has 5 aromatic heterocycles. The van der Waals surface area contributed by atoms with Crippen molar-refractivity contribution in [2.24, 2.45) is 5.92 Å². The number of fused-ring (bicyclic) bond motifs is 2. The molecule has 6 rings (SSSR count). The average Bonchev–Trinajstić information content (AvgIpc) is 3.61. The molecule has 6 aromatic rings. The number of pyridine rings is 2. The van der Waals surface area contributed by atoms with Gasteiger partial charge in [0.1, 0.15) is 5.52 Å². The molecule has 0 fully saturated rings. The zero-order valence-corrected chi connectivity index (χ0v) is 20.2. The van der Waals surface area contributed by atoms with E-state index in [0.29, 0.717) is 28.4 Å². The van der Waals surface area contributed by atoms with Crippen LogP contribution in [0.2, 0.25) is 0 Å². The normalized spacial score (nSPS) is 11.6. The Bertz CT molecular complexity index is 1750. The second-order valence-corrected chi connectivity index (χ2v) is 9.70. The highest BCUT2D eigenvalue weighted by molar-refractivity contribution is 7.14. The molecule has 0 aliphatic heterocycles. The lowest BCUT2D eigenvalue weighted by Gasteiger charge is -2.08. The number of anilines is 1. The lowest BCUT2D eigenvalue weighted by atomic mass is 10.1. The fourth-order valence-corrected chi connectivity index (χ4v) is 4.72. The van der Waals surface area contributed by atoms with E-state index >= 15 is 0 Å². The van der Waals surface area contributed by atoms with Crippen LogP contribution in [-0.2, 0) is 4.79 Å². The van der Waals surface area contributed by atoms with Gasteiger partial charge in [0.15, 0.2) is 16.6 Å². The van der Waals surface area contributed by atoms with E-state index in [1.807, 2.05) is 50.2 Å². The maximum absolute atomic E-state index is 13.7. The summed E-state index contributed by atoms with van der Waals surface area (Å²) in [5, 5.41) is 10.1. The number of hydrogen-bond acceptors (Lipinski definition) is 6. The molecule has 0 aliphatic carbocycles. The molecule has 0 saturated carbocycles. The SMILES string of the molecule is CC(C)C(=O)Nc1cncc(-c2ccc3[nH]nc(-c4nc5c(-c6ccc(F)s6)cccc5[nH]4)c3n2)c1. The Hall–Kier alpha value is -4.44. The van der Waals surface area contributed by atoms with E-state index in [-0.39, 0.29) is 17.0 Å². The van der Waals surface area contributed by atoms with Gasteiger partial charge in [0.2, 0.25) is 5.91 Å². The molecule has 10 heteroatoms. The number of H-pyrrole nitrogens is 2. The van der Waals surface area contributed by atoms with Crippen molar-refractivity contribution in [1.82, 2.24) is 30.1 Å². The highest BCUT2D eigenvalue weighted by Gasteiger charge is 2.18. The third-order valence-corrected chi connectivity index (χ3v) is 6.72. The first-order chi connectivity index (χ1) is 17.5. The predicted molar refractivity (Wildman–Crippen MR) is 139 cm³/mol. The van der Waals surface area contributed by atoms with E-state index in [0.717, 1.165) is 43.9 Å². The molecule has 0 spiro atoms. The summed E-state index contributed by atoms with van der Waals surface area (Å²) in [6, 6.07) is 14.6. The van der Waals surface area contributed by atoms with Crippen molar-refractivity contribution in [3.63, 3.8) is 0 Å². The minimum atomic E-state index is -0.241. The van der Waals surface area contributed by atoms with E-state index in [1.54, 1.807) is 18.5 Å². The van der Waals surface area contributed by atoms with Crippen molar-refractivity contribution in [3.8, 4) is 33.2 Å². The molecule has 0 unspecified atom stereocenters. The van der Waals surface area contributed by atoms with Crippen LogP contribution in [-0.4, -0.2) is 36.0 Å². The Morgan fingerprint density at radius 2 is 1.92 bits per heavy atom. The molecule has 0 radical (unpaired) electrons. The van der Waals surface area contributed by atoms with Gasteiger partial charge in [0.05, 0.1) is 34.1 Å². The quantitative estimate of drug-likeness (QED) is 0.269. The summed E-state index contributed by atoms with van der Waals surface area (Å²) in [5.41, 5.74) is 6.43. The van der Waals surface area contributed by atoms with Crippen LogP contribution in [0, 0.1) is 11.0 Å². The molecule has 8 nitrogen and oxygen atoms in total. The molecular formula is C26H20FN7OS. The molecule has 0 aliphatic rings. The fourth-order valence-electron chi connectivity index (χ4n) is 3.96. The van der Waals surface area contributed by atoms with Gasteiger partial charge in [-0.1, -0.05) is 26.0 Å². The molecule has 36 heavy (non-hydrogen) atoms. The summed E-state index contributed by atoms with van der Waals surface area (Å²) >= 11 is 1.08. The van der Waals surface area contributed by atoms with Gasteiger partial charge in [0, 0.05) is 28.1 Å².